The van der Waals surface area contributed by atoms with Crippen LogP contribution in [0, 0.1) is 5.92 Å². The number of carboxylic acid groups (broad SMARTS) is 1. The van der Waals surface area contributed by atoms with Gasteiger partial charge in [-0.1, -0.05) is 6.92 Å². The zero-order valence-electron chi connectivity index (χ0n) is 8.10. The van der Waals surface area contributed by atoms with Crippen molar-refractivity contribution in [3.05, 3.63) is 29.6 Å². The quantitative estimate of drug-likeness (QED) is 0.775. The molecule has 0 saturated carbocycles. The van der Waals surface area contributed by atoms with Gasteiger partial charge < -0.3 is 5.11 Å². The van der Waals surface area contributed by atoms with E-state index in [1.54, 1.807) is 6.20 Å². The summed E-state index contributed by atoms with van der Waals surface area (Å²) in [6.45, 7) is 2.10. The lowest BCUT2D eigenvalue weighted by Gasteiger charge is -2.13. The minimum atomic E-state index is -0.716. The smallest absolute Gasteiger partial charge is 0.303 e. The molecular formula is C11H13NO2. The van der Waals surface area contributed by atoms with Crippen LogP contribution in [0.1, 0.15) is 30.4 Å². The normalized spacial score (nSPS) is 24.6. The molecule has 0 radical (unpaired) electrons. The van der Waals surface area contributed by atoms with Gasteiger partial charge in [0.25, 0.3) is 0 Å². The van der Waals surface area contributed by atoms with Crippen molar-refractivity contribution >= 4 is 5.97 Å². The van der Waals surface area contributed by atoms with E-state index in [0.717, 1.165) is 6.42 Å². The topological polar surface area (TPSA) is 50.2 Å². The van der Waals surface area contributed by atoms with Crippen LogP contribution in [0.15, 0.2) is 18.5 Å². The Morgan fingerprint density at radius 1 is 1.71 bits per heavy atom. The number of hydrogen-bond acceptors (Lipinski definition) is 2. The van der Waals surface area contributed by atoms with Gasteiger partial charge in [-0.3, -0.25) is 9.78 Å². The first-order chi connectivity index (χ1) is 6.68. The Morgan fingerprint density at radius 3 is 3.21 bits per heavy atom. The van der Waals surface area contributed by atoms with Gasteiger partial charge in [0.1, 0.15) is 0 Å². The van der Waals surface area contributed by atoms with Crippen molar-refractivity contribution in [3.63, 3.8) is 0 Å². The summed E-state index contributed by atoms with van der Waals surface area (Å²) in [6.07, 6.45) is 4.79. The highest BCUT2D eigenvalue weighted by Gasteiger charge is 2.30. The number of nitrogens with zero attached hydrogens (tertiary/aromatic N) is 1. The monoisotopic (exact) mass is 191 g/mol. The Hall–Kier alpha value is -1.38. The van der Waals surface area contributed by atoms with Gasteiger partial charge in [0, 0.05) is 12.4 Å². The summed E-state index contributed by atoms with van der Waals surface area (Å²) >= 11 is 0. The number of aromatic nitrogens is 1. The Kier molecular flexibility index (Phi) is 2.23. The second-order valence-electron chi connectivity index (χ2n) is 3.96. The Labute approximate surface area is 82.8 Å². The predicted octanol–water partition coefficient (Wildman–Crippen LogP) is 1.83. The maximum atomic E-state index is 10.7. The van der Waals surface area contributed by atoms with Crippen LogP contribution in [0.2, 0.25) is 0 Å². The average Bonchev–Trinajstić information content (AvgIpc) is 2.43. The van der Waals surface area contributed by atoms with E-state index >= 15 is 0 Å². The molecule has 0 spiro atoms. The molecule has 2 atom stereocenters. The van der Waals surface area contributed by atoms with Crippen LogP contribution in [-0.2, 0) is 11.2 Å². The second-order valence-corrected chi connectivity index (χ2v) is 3.96. The number of carboxylic acids is 1. The van der Waals surface area contributed by atoms with E-state index in [-0.39, 0.29) is 12.3 Å². The average molecular weight is 191 g/mol. The lowest BCUT2D eigenvalue weighted by molar-refractivity contribution is -0.137. The lowest BCUT2D eigenvalue weighted by atomic mass is 9.91. The molecule has 1 heterocycles. The Balaban J connectivity index is 2.30. The number of hydrogen-bond donors (Lipinski definition) is 1. The molecule has 0 amide bonds. The number of pyridine rings is 1. The van der Waals surface area contributed by atoms with Crippen molar-refractivity contribution in [2.45, 2.75) is 25.7 Å². The summed E-state index contributed by atoms with van der Waals surface area (Å²) in [7, 11) is 0. The lowest BCUT2D eigenvalue weighted by Crippen LogP contribution is -2.09. The van der Waals surface area contributed by atoms with E-state index in [2.05, 4.69) is 11.9 Å². The van der Waals surface area contributed by atoms with Crippen LogP contribution < -0.4 is 0 Å². The van der Waals surface area contributed by atoms with Gasteiger partial charge in [-0.15, -0.1) is 0 Å². The molecule has 14 heavy (non-hydrogen) atoms. The van der Waals surface area contributed by atoms with Gasteiger partial charge in [-0.25, -0.2) is 0 Å². The molecule has 1 aromatic heterocycles. The van der Waals surface area contributed by atoms with Crippen LogP contribution in [0.4, 0.5) is 0 Å². The first-order valence-corrected chi connectivity index (χ1v) is 4.83. The molecule has 1 aliphatic rings. The van der Waals surface area contributed by atoms with Gasteiger partial charge in [0.15, 0.2) is 0 Å². The van der Waals surface area contributed by atoms with Crippen LogP contribution >= 0.6 is 0 Å². The minimum Gasteiger partial charge on any atom is -0.481 e. The van der Waals surface area contributed by atoms with E-state index < -0.39 is 5.97 Å². The van der Waals surface area contributed by atoms with Gasteiger partial charge in [-0.05, 0) is 35.4 Å². The molecule has 2 rings (SSSR count). The van der Waals surface area contributed by atoms with E-state index in [9.17, 15) is 4.79 Å². The first-order valence-electron chi connectivity index (χ1n) is 4.83. The summed E-state index contributed by atoms with van der Waals surface area (Å²) in [5, 5.41) is 8.80. The third kappa shape index (κ3) is 1.50. The van der Waals surface area contributed by atoms with E-state index in [1.807, 2.05) is 12.3 Å². The van der Waals surface area contributed by atoms with Crippen LogP contribution in [0.3, 0.4) is 0 Å². The van der Waals surface area contributed by atoms with Crippen molar-refractivity contribution in [2.24, 2.45) is 5.92 Å². The largest absolute Gasteiger partial charge is 0.481 e. The fraction of sp³-hybridized carbons (Fsp3) is 0.455. The molecule has 0 fully saturated rings. The molecule has 1 aromatic rings. The Morgan fingerprint density at radius 2 is 2.50 bits per heavy atom. The third-order valence-corrected chi connectivity index (χ3v) is 2.96. The van der Waals surface area contributed by atoms with E-state index in [1.165, 1.54) is 11.1 Å². The molecule has 74 valence electrons. The van der Waals surface area contributed by atoms with Crippen molar-refractivity contribution in [1.82, 2.24) is 4.98 Å². The highest BCUT2D eigenvalue weighted by molar-refractivity contribution is 5.68. The molecule has 0 aromatic carbocycles. The summed E-state index contributed by atoms with van der Waals surface area (Å²) in [5.74, 6) is -0.123. The van der Waals surface area contributed by atoms with Gasteiger partial charge in [0.2, 0.25) is 0 Å². The highest BCUT2D eigenvalue weighted by atomic mass is 16.4. The van der Waals surface area contributed by atoms with Crippen molar-refractivity contribution in [1.29, 1.82) is 0 Å². The van der Waals surface area contributed by atoms with E-state index in [4.69, 9.17) is 5.11 Å². The molecule has 3 nitrogen and oxygen atoms in total. The van der Waals surface area contributed by atoms with Crippen molar-refractivity contribution in [3.8, 4) is 0 Å². The zero-order valence-corrected chi connectivity index (χ0v) is 8.10. The van der Waals surface area contributed by atoms with Crippen molar-refractivity contribution in [2.75, 3.05) is 0 Å². The number of carbonyl (C=O) groups is 1. The molecule has 0 saturated heterocycles. The van der Waals surface area contributed by atoms with Crippen LogP contribution in [0.25, 0.3) is 0 Å². The minimum absolute atomic E-state index is 0.172. The maximum absolute atomic E-state index is 10.7. The highest BCUT2D eigenvalue weighted by Crippen LogP contribution is 2.39. The van der Waals surface area contributed by atoms with Gasteiger partial charge >= 0.3 is 5.97 Å². The number of aliphatic carboxylic acids is 1. The molecule has 3 heteroatoms. The van der Waals surface area contributed by atoms with Crippen molar-refractivity contribution < 1.29 is 9.90 Å². The van der Waals surface area contributed by atoms with Gasteiger partial charge in [0.05, 0.1) is 6.42 Å². The fourth-order valence-electron chi connectivity index (χ4n) is 2.27. The van der Waals surface area contributed by atoms with E-state index in [0.29, 0.717) is 5.92 Å². The molecule has 1 aliphatic carbocycles. The number of rotatable bonds is 2. The predicted molar refractivity (Wildman–Crippen MR) is 52.1 cm³/mol. The molecular weight excluding hydrogens is 178 g/mol. The summed E-state index contributed by atoms with van der Waals surface area (Å²) < 4.78 is 0. The van der Waals surface area contributed by atoms with Crippen LogP contribution in [0.5, 0.6) is 0 Å². The summed E-state index contributed by atoms with van der Waals surface area (Å²) in [4.78, 5) is 14.8. The maximum Gasteiger partial charge on any atom is 0.303 e. The molecule has 2 unspecified atom stereocenters. The number of fused-ring (bicyclic) bond motifs is 1. The molecule has 1 N–H and O–H groups in total. The third-order valence-electron chi connectivity index (χ3n) is 2.96. The zero-order chi connectivity index (χ0) is 10.1. The van der Waals surface area contributed by atoms with Gasteiger partial charge in [-0.2, -0.15) is 0 Å². The standard InChI is InChI=1S/C11H13NO2/c1-7-4-8-6-12-3-2-9(8)10(7)5-11(13)14/h2-3,6-7,10H,4-5H2,1H3,(H,13,14). The fourth-order valence-corrected chi connectivity index (χ4v) is 2.27. The first kappa shape index (κ1) is 9.19. The summed E-state index contributed by atoms with van der Waals surface area (Å²) in [6, 6.07) is 1.95. The molecule has 0 bridgehead atoms. The van der Waals surface area contributed by atoms with Crippen LogP contribution in [-0.4, -0.2) is 16.1 Å². The second kappa shape index (κ2) is 3.40. The Bertz CT molecular complexity index is 362. The SMILES string of the molecule is CC1Cc2cnccc2C1CC(=O)O. The molecule has 0 aliphatic heterocycles. The summed E-state index contributed by atoms with van der Waals surface area (Å²) in [5.41, 5.74) is 2.39.